The van der Waals surface area contributed by atoms with Crippen LogP contribution in [0.5, 0.6) is 0 Å². The highest BCUT2D eigenvalue weighted by Gasteiger charge is 2.70. The SMILES string of the molecule is N.O=S(=O)(O)C(F)C(F)(F)C(F)(F)C(F)F. The zero-order chi connectivity index (χ0) is 12.7. The van der Waals surface area contributed by atoms with Crippen molar-refractivity contribution in [2.75, 3.05) is 0 Å². The van der Waals surface area contributed by atoms with E-state index < -0.39 is 33.9 Å². The van der Waals surface area contributed by atoms with Gasteiger partial charge in [-0.1, -0.05) is 0 Å². The monoisotopic (exact) mass is 281 g/mol. The molecule has 0 aliphatic rings. The van der Waals surface area contributed by atoms with E-state index in [1.165, 1.54) is 0 Å². The zero-order valence-corrected chi connectivity index (χ0v) is 8.00. The van der Waals surface area contributed by atoms with Crippen molar-refractivity contribution in [3.63, 3.8) is 0 Å². The van der Waals surface area contributed by atoms with Crippen LogP contribution in [0.1, 0.15) is 0 Å². The fraction of sp³-hybridized carbons (Fsp3) is 1.00. The first-order valence-electron chi connectivity index (χ1n) is 2.99. The Hall–Kier alpha value is -0.620. The lowest BCUT2D eigenvalue weighted by atomic mass is 10.2. The van der Waals surface area contributed by atoms with Gasteiger partial charge in [-0.15, -0.1) is 0 Å². The zero-order valence-electron chi connectivity index (χ0n) is 7.18. The van der Waals surface area contributed by atoms with Crippen molar-refractivity contribution in [1.82, 2.24) is 6.15 Å². The van der Waals surface area contributed by atoms with Gasteiger partial charge in [-0.25, -0.2) is 13.2 Å². The lowest BCUT2D eigenvalue weighted by Crippen LogP contribution is -2.54. The van der Waals surface area contributed by atoms with Gasteiger partial charge in [-0.05, 0) is 0 Å². The van der Waals surface area contributed by atoms with Crippen molar-refractivity contribution < 1.29 is 43.7 Å². The maximum Gasteiger partial charge on any atom is 0.373 e. The molecule has 0 aliphatic carbocycles. The van der Waals surface area contributed by atoms with Gasteiger partial charge >= 0.3 is 28.4 Å². The second kappa shape index (κ2) is 4.71. The molecule has 0 spiro atoms. The number of halogens is 7. The van der Waals surface area contributed by atoms with E-state index in [2.05, 4.69) is 0 Å². The summed E-state index contributed by atoms with van der Waals surface area (Å²) in [6.45, 7) is 0. The van der Waals surface area contributed by atoms with E-state index >= 15 is 0 Å². The first-order valence-corrected chi connectivity index (χ1v) is 4.49. The minimum atomic E-state index is -6.23. The Bertz CT molecular complexity index is 329. The highest BCUT2D eigenvalue weighted by Crippen LogP contribution is 2.43. The van der Waals surface area contributed by atoms with Crippen LogP contribution in [0, 0.1) is 0 Å². The van der Waals surface area contributed by atoms with Crippen molar-refractivity contribution in [3.8, 4) is 0 Å². The van der Waals surface area contributed by atoms with Gasteiger partial charge < -0.3 is 6.15 Å². The number of rotatable bonds is 4. The topological polar surface area (TPSA) is 89.4 Å². The molecule has 0 rings (SSSR count). The maximum atomic E-state index is 12.2. The maximum absolute atomic E-state index is 12.2. The molecule has 1 atom stereocenters. The molecule has 0 aliphatic heterocycles. The molecule has 0 bridgehead atoms. The van der Waals surface area contributed by atoms with Crippen LogP contribution >= 0.6 is 0 Å². The Kier molecular flexibility index (Phi) is 5.23. The molecule has 0 heterocycles. The van der Waals surface area contributed by atoms with E-state index in [0.717, 1.165) is 0 Å². The molecule has 100 valence electrons. The standard InChI is InChI=1S/C4H3F7O3S.H3N/c5-1(6)3(8,9)4(10,11)2(7)15(12,13)14;/h1-2H,(H,12,13,14);1H3. The van der Waals surface area contributed by atoms with Crippen LogP contribution in [-0.4, -0.2) is 36.7 Å². The Morgan fingerprint density at radius 2 is 1.25 bits per heavy atom. The Balaban J connectivity index is 0. The molecule has 0 aromatic heterocycles. The Morgan fingerprint density at radius 1 is 0.938 bits per heavy atom. The third kappa shape index (κ3) is 2.95. The molecule has 0 aromatic rings. The van der Waals surface area contributed by atoms with E-state index in [0.29, 0.717) is 0 Å². The van der Waals surface area contributed by atoms with Gasteiger partial charge in [0.15, 0.2) is 0 Å². The van der Waals surface area contributed by atoms with Gasteiger partial charge in [0.05, 0.1) is 0 Å². The summed E-state index contributed by atoms with van der Waals surface area (Å²) in [5.41, 5.74) is -4.82. The van der Waals surface area contributed by atoms with Gasteiger partial charge in [0.1, 0.15) is 0 Å². The predicted molar refractivity (Wildman–Crippen MR) is 37.4 cm³/mol. The highest BCUT2D eigenvalue weighted by atomic mass is 32.2. The summed E-state index contributed by atoms with van der Waals surface area (Å²) in [4.78, 5) is 0. The van der Waals surface area contributed by atoms with Crippen LogP contribution in [0.2, 0.25) is 0 Å². The summed E-state index contributed by atoms with van der Waals surface area (Å²) in [5.74, 6) is -12.4. The van der Waals surface area contributed by atoms with Gasteiger partial charge in [0.2, 0.25) is 0 Å². The van der Waals surface area contributed by atoms with E-state index in [1.54, 1.807) is 0 Å². The molecule has 12 heteroatoms. The summed E-state index contributed by atoms with van der Waals surface area (Å²) in [6, 6.07) is 0. The van der Waals surface area contributed by atoms with Crippen molar-refractivity contribution in [2.45, 2.75) is 23.8 Å². The summed E-state index contributed by atoms with van der Waals surface area (Å²) in [7, 11) is -6.21. The first kappa shape index (κ1) is 17.8. The third-order valence-electron chi connectivity index (χ3n) is 1.27. The Labute approximate surface area is 84.8 Å². The number of alkyl halides is 7. The van der Waals surface area contributed by atoms with Crippen LogP contribution in [0.4, 0.5) is 30.7 Å². The molecule has 0 saturated heterocycles. The van der Waals surface area contributed by atoms with Crippen molar-refractivity contribution in [1.29, 1.82) is 0 Å². The largest absolute Gasteiger partial charge is 0.373 e. The molecular weight excluding hydrogens is 275 g/mol. The molecule has 0 saturated carbocycles. The van der Waals surface area contributed by atoms with Crippen molar-refractivity contribution >= 4 is 10.1 Å². The molecule has 16 heavy (non-hydrogen) atoms. The molecule has 0 radical (unpaired) electrons. The highest BCUT2D eigenvalue weighted by molar-refractivity contribution is 7.86. The summed E-state index contributed by atoms with van der Waals surface area (Å²) >= 11 is 0. The van der Waals surface area contributed by atoms with E-state index in [-0.39, 0.29) is 6.15 Å². The van der Waals surface area contributed by atoms with Crippen LogP contribution in [0.3, 0.4) is 0 Å². The number of hydrogen-bond acceptors (Lipinski definition) is 3. The van der Waals surface area contributed by atoms with Gasteiger partial charge in [0.25, 0.3) is 5.50 Å². The Morgan fingerprint density at radius 3 is 1.44 bits per heavy atom. The van der Waals surface area contributed by atoms with E-state index in [1.807, 2.05) is 0 Å². The molecule has 0 fully saturated rings. The number of hydrogen-bond donors (Lipinski definition) is 2. The van der Waals surface area contributed by atoms with Crippen LogP contribution in [-0.2, 0) is 10.1 Å². The summed E-state index contributed by atoms with van der Waals surface area (Å²) in [6.07, 6.45) is -4.98. The minimum absolute atomic E-state index is 0. The van der Waals surface area contributed by atoms with Gasteiger partial charge in [-0.2, -0.15) is 26.0 Å². The lowest BCUT2D eigenvalue weighted by molar-refractivity contribution is -0.274. The smallest absolute Gasteiger partial charge is 0.344 e. The lowest BCUT2D eigenvalue weighted by Gasteiger charge is -2.26. The molecule has 4 N–H and O–H groups in total. The van der Waals surface area contributed by atoms with Gasteiger partial charge in [0, 0.05) is 0 Å². The average molecular weight is 281 g/mol. The summed E-state index contributed by atoms with van der Waals surface area (Å²) < 4.78 is 111. The average Bonchev–Trinajstić information content (AvgIpc) is 2.00. The van der Waals surface area contributed by atoms with Crippen molar-refractivity contribution in [2.24, 2.45) is 0 Å². The normalized spacial score (nSPS) is 15.8. The first-order chi connectivity index (χ1) is 6.35. The fourth-order valence-electron chi connectivity index (χ4n) is 0.484. The third-order valence-corrected chi connectivity index (χ3v) is 2.08. The van der Waals surface area contributed by atoms with E-state index in [4.69, 9.17) is 4.55 Å². The second-order valence-corrected chi connectivity index (χ2v) is 3.82. The predicted octanol–water partition coefficient (Wildman–Crippen LogP) is 1.87. The summed E-state index contributed by atoms with van der Waals surface area (Å²) in [5, 5.41) is 0. The second-order valence-electron chi connectivity index (χ2n) is 2.38. The van der Waals surface area contributed by atoms with Crippen molar-refractivity contribution in [3.05, 3.63) is 0 Å². The molecule has 0 amide bonds. The van der Waals surface area contributed by atoms with Gasteiger partial charge in [-0.3, -0.25) is 4.55 Å². The molecular formula is C4H6F7NO3S. The van der Waals surface area contributed by atoms with Crippen LogP contribution in [0.25, 0.3) is 0 Å². The van der Waals surface area contributed by atoms with Crippen LogP contribution < -0.4 is 6.15 Å². The molecule has 1 unspecified atom stereocenters. The quantitative estimate of drug-likeness (QED) is 0.608. The molecule has 4 nitrogen and oxygen atoms in total. The van der Waals surface area contributed by atoms with Crippen LogP contribution in [0.15, 0.2) is 0 Å². The molecule has 0 aromatic carbocycles. The van der Waals surface area contributed by atoms with E-state index in [9.17, 15) is 39.2 Å². The minimum Gasteiger partial charge on any atom is -0.344 e. The fourth-order valence-corrected chi connectivity index (χ4v) is 1.02.